The molecule has 0 saturated heterocycles. The third kappa shape index (κ3) is 5.32. The van der Waals surface area contributed by atoms with Crippen LogP contribution in [0.2, 0.25) is 0 Å². The molecule has 0 atom stereocenters. The van der Waals surface area contributed by atoms with Gasteiger partial charge in [-0.2, -0.15) is 0 Å². The molecule has 0 amide bonds. The molecule has 0 aliphatic heterocycles. The molecule has 1 aromatic carbocycles. The van der Waals surface area contributed by atoms with E-state index < -0.39 is 11.9 Å². The van der Waals surface area contributed by atoms with Crippen LogP contribution in [-0.4, -0.2) is 38.5 Å². The fourth-order valence-electron chi connectivity index (χ4n) is 3.03. The van der Waals surface area contributed by atoms with Gasteiger partial charge in [0.15, 0.2) is 11.4 Å². The molecular weight excluding hydrogens is 408 g/mol. The molecule has 32 heavy (non-hydrogen) atoms. The molecule has 8 heteroatoms. The van der Waals surface area contributed by atoms with Gasteiger partial charge in [-0.1, -0.05) is 12.1 Å². The Hall–Kier alpha value is -3.68. The number of ether oxygens (including phenoxy) is 2. The molecule has 0 aliphatic rings. The maximum atomic E-state index is 12.4. The average Bonchev–Trinajstić information content (AvgIpc) is 2.74. The Morgan fingerprint density at radius 3 is 1.66 bits per heavy atom. The second kappa shape index (κ2) is 9.64. The van der Waals surface area contributed by atoms with Crippen LogP contribution in [0.25, 0.3) is 0 Å². The van der Waals surface area contributed by atoms with Gasteiger partial charge in [-0.25, -0.2) is 19.6 Å². The number of benzene rings is 1. The molecule has 0 saturated carbocycles. The summed E-state index contributed by atoms with van der Waals surface area (Å²) >= 11 is 0. The Labute approximate surface area is 187 Å². The van der Waals surface area contributed by atoms with Gasteiger partial charge in [0.05, 0.1) is 40.8 Å². The van der Waals surface area contributed by atoms with Gasteiger partial charge in [0.1, 0.15) is 5.75 Å². The van der Waals surface area contributed by atoms with E-state index in [0.717, 1.165) is 17.0 Å². The number of rotatable bonds is 6. The van der Waals surface area contributed by atoms with Crippen molar-refractivity contribution in [3.8, 4) is 5.75 Å². The zero-order valence-electron chi connectivity index (χ0n) is 19.1. The monoisotopic (exact) mass is 434 g/mol. The lowest BCUT2D eigenvalue weighted by Crippen LogP contribution is -2.15. The Kier molecular flexibility index (Phi) is 6.92. The molecule has 2 aromatic heterocycles. The molecule has 3 aromatic rings. The SMILES string of the molecule is Cc1nc(C)c(C(=O)OCCc2ccc(OC(=O)c3nc(C)c(C)nc3C)cc2)nc1C. The maximum Gasteiger partial charge on any atom is 0.364 e. The molecule has 0 N–H and O–H groups in total. The van der Waals surface area contributed by atoms with Crippen LogP contribution in [0.4, 0.5) is 0 Å². The summed E-state index contributed by atoms with van der Waals surface area (Å²) in [6, 6.07) is 7.02. The largest absolute Gasteiger partial charge is 0.461 e. The fourth-order valence-corrected chi connectivity index (χ4v) is 3.03. The highest BCUT2D eigenvalue weighted by Crippen LogP contribution is 2.16. The van der Waals surface area contributed by atoms with Crippen molar-refractivity contribution in [1.29, 1.82) is 0 Å². The van der Waals surface area contributed by atoms with Crippen molar-refractivity contribution in [2.45, 2.75) is 48.0 Å². The molecule has 0 bridgehead atoms. The third-order valence-electron chi connectivity index (χ3n) is 5.11. The first-order valence-electron chi connectivity index (χ1n) is 10.3. The van der Waals surface area contributed by atoms with E-state index in [1.165, 1.54) is 0 Å². The number of hydrogen-bond donors (Lipinski definition) is 0. The van der Waals surface area contributed by atoms with Gasteiger partial charge in [-0.05, 0) is 59.2 Å². The van der Waals surface area contributed by atoms with E-state index in [9.17, 15) is 9.59 Å². The van der Waals surface area contributed by atoms with Crippen molar-refractivity contribution in [2.75, 3.05) is 6.61 Å². The predicted octanol–water partition coefficient (Wildman–Crippen LogP) is 3.74. The van der Waals surface area contributed by atoms with Crippen molar-refractivity contribution >= 4 is 11.9 Å². The van der Waals surface area contributed by atoms with Gasteiger partial charge in [0.25, 0.3) is 0 Å². The van der Waals surface area contributed by atoms with Crippen molar-refractivity contribution < 1.29 is 19.1 Å². The van der Waals surface area contributed by atoms with E-state index >= 15 is 0 Å². The Balaban J connectivity index is 1.56. The lowest BCUT2D eigenvalue weighted by Gasteiger charge is -2.09. The Morgan fingerprint density at radius 1 is 0.656 bits per heavy atom. The smallest absolute Gasteiger partial charge is 0.364 e. The lowest BCUT2D eigenvalue weighted by atomic mass is 10.1. The molecule has 2 heterocycles. The zero-order chi connectivity index (χ0) is 23.4. The van der Waals surface area contributed by atoms with Gasteiger partial charge in [0, 0.05) is 6.42 Å². The highest BCUT2D eigenvalue weighted by atomic mass is 16.5. The predicted molar refractivity (Wildman–Crippen MR) is 118 cm³/mol. The van der Waals surface area contributed by atoms with E-state index in [1.54, 1.807) is 39.8 Å². The molecular formula is C24H26N4O4. The summed E-state index contributed by atoms with van der Waals surface area (Å²) in [5.74, 6) is -0.644. The lowest BCUT2D eigenvalue weighted by molar-refractivity contribution is 0.0500. The normalized spacial score (nSPS) is 10.7. The summed E-state index contributed by atoms with van der Waals surface area (Å²) in [5, 5.41) is 0. The van der Waals surface area contributed by atoms with Gasteiger partial charge in [-0.3, -0.25) is 9.97 Å². The number of aromatic nitrogens is 4. The molecule has 0 spiro atoms. The standard InChI is InChI=1S/C24H26N4O4/c1-13-15(3)27-21(17(5)25-13)23(29)31-12-11-19-7-9-20(10-8-19)32-24(30)22-18(6)26-14(2)16(4)28-22/h7-10H,11-12H2,1-6H3. The van der Waals surface area contributed by atoms with Crippen LogP contribution in [0, 0.1) is 41.5 Å². The van der Waals surface area contributed by atoms with Crippen LogP contribution in [0.1, 0.15) is 60.7 Å². The minimum Gasteiger partial charge on any atom is -0.461 e. The van der Waals surface area contributed by atoms with Crippen LogP contribution in [-0.2, 0) is 11.2 Å². The molecule has 0 aliphatic carbocycles. The van der Waals surface area contributed by atoms with E-state index in [-0.39, 0.29) is 18.0 Å². The molecule has 0 fully saturated rings. The summed E-state index contributed by atoms with van der Waals surface area (Å²) in [4.78, 5) is 42.0. The van der Waals surface area contributed by atoms with Crippen molar-refractivity contribution in [3.05, 3.63) is 75.4 Å². The molecule has 0 radical (unpaired) electrons. The molecule has 0 unspecified atom stereocenters. The first-order valence-corrected chi connectivity index (χ1v) is 10.3. The number of nitrogens with zero attached hydrogens (tertiary/aromatic N) is 4. The van der Waals surface area contributed by atoms with E-state index in [4.69, 9.17) is 9.47 Å². The highest BCUT2D eigenvalue weighted by molar-refractivity contribution is 5.90. The Bertz CT molecular complexity index is 1170. The number of esters is 2. The van der Waals surface area contributed by atoms with Crippen molar-refractivity contribution in [2.24, 2.45) is 0 Å². The first kappa shape index (κ1) is 23.0. The van der Waals surface area contributed by atoms with Crippen LogP contribution >= 0.6 is 0 Å². The van der Waals surface area contributed by atoms with E-state index in [1.807, 2.05) is 26.0 Å². The minimum atomic E-state index is -0.551. The quantitative estimate of drug-likeness (QED) is 0.427. The van der Waals surface area contributed by atoms with Crippen LogP contribution < -0.4 is 4.74 Å². The summed E-state index contributed by atoms with van der Waals surface area (Å²) in [6.07, 6.45) is 0.513. The first-order chi connectivity index (χ1) is 15.2. The fraction of sp³-hybridized carbons (Fsp3) is 0.333. The molecule has 3 rings (SSSR count). The van der Waals surface area contributed by atoms with Gasteiger partial charge in [0.2, 0.25) is 0 Å². The number of hydrogen-bond acceptors (Lipinski definition) is 8. The second-order valence-electron chi connectivity index (χ2n) is 7.58. The number of carbonyl (C=O) groups excluding carboxylic acids is 2. The van der Waals surface area contributed by atoms with Gasteiger partial charge < -0.3 is 9.47 Å². The van der Waals surface area contributed by atoms with Crippen LogP contribution in [0.3, 0.4) is 0 Å². The number of carbonyl (C=O) groups is 2. The van der Waals surface area contributed by atoms with Crippen LogP contribution in [0.5, 0.6) is 5.75 Å². The Morgan fingerprint density at radius 2 is 1.12 bits per heavy atom. The van der Waals surface area contributed by atoms with Gasteiger partial charge in [-0.15, -0.1) is 0 Å². The topological polar surface area (TPSA) is 104 Å². The van der Waals surface area contributed by atoms with E-state index in [0.29, 0.717) is 34.9 Å². The highest BCUT2D eigenvalue weighted by Gasteiger charge is 2.17. The van der Waals surface area contributed by atoms with Gasteiger partial charge >= 0.3 is 11.9 Å². The van der Waals surface area contributed by atoms with Crippen LogP contribution in [0.15, 0.2) is 24.3 Å². The van der Waals surface area contributed by atoms with Crippen molar-refractivity contribution in [3.63, 3.8) is 0 Å². The summed E-state index contributed by atoms with van der Waals surface area (Å²) in [7, 11) is 0. The second-order valence-corrected chi connectivity index (χ2v) is 7.58. The van der Waals surface area contributed by atoms with E-state index in [2.05, 4.69) is 19.9 Å². The molecule has 166 valence electrons. The number of aryl methyl sites for hydroxylation is 6. The summed E-state index contributed by atoms with van der Waals surface area (Å²) in [6.45, 7) is 11.0. The average molecular weight is 434 g/mol. The molecule has 8 nitrogen and oxygen atoms in total. The summed E-state index contributed by atoms with van der Waals surface area (Å²) < 4.78 is 10.8. The maximum absolute atomic E-state index is 12.4. The summed E-state index contributed by atoms with van der Waals surface area (Å²) in [5.41, 5.74) is 5.41. The minimum absolute atomic E-state index is 0.198. The zero-order valence-corrected chi connectivity index (χ0v) is 19.1. The van der Waals surface area contributed by atoms with Crippen molar-refractivity contribution in [1.82, 2.24) is 19.9 Å². The third-order valence-corrected chi connectivity index (χ3v) is 5.11.